The molecule has 4 heteroatoms. The maximum atomic E-state index is 6.22. The zero-order valence-corrected chi connectivity index (χ0v) is 13.4. The number of hydrogen-bond donors (Lipinski definition) is 1. The van der Waals surface area contributed by atoms with Gasteiger partial charge in [0.1, 0.15) is 0 Å². The molecule has 1 aliphatic rings. The molecule has 1 heterocycles. The maximum absolute atomic E-state index is 6.22. The molecule has 0 amide bonds. The molecular weight excluding hydrogens is 278 g/mol. The van der Waals surface area contributed by atoms with Crippen molar-refractivity contribution in [2.75, 3.05) is 11.4 Å². The molecule has 1 aliphatic carbocycles. The van der Waals surface area contributed by atoms with E-state index in [0.29, 0.717) is 0 Å². The van der Waals surface area contributed by atoms with Gasteiger partial charge >= 0.3 is 0 Å². The molecule has 1 unspecified atom stereocenters. The fourth-order valence-corrected chi connectivity index (χ4v) is 4.03. The third-order valence-corrected chi connectivity index (χ3v) is 5.17. The van der Waals surface area contributed by atoms with Gasteiger partial charge < -0.3 is 10.6 Å². The van der Waals surface area contributed by atoms with E-state index in [1.807, 2.05) is 11.3 Å². The van der Waals surface area contributed by atoms with Crippen molar-refractivity contribution >= 4 is 22.2 Å². The summed E-state index contributed by atoms with van der Waals surface area (Å²) in [6, 6.07) is 10.7. The normalized spacial score (nSPS) is 17.5. The number of hydrogen-bond acceptors (Lipinski definition) is 4. The van der Waals surface area contributed by atoms with Gasteiger partial charge in [0, 0.05) is 23.2 Å². The topological polar surface area (TPSA) is 42.2 Å². The molecule has 3 nitrogen and oxygen atoms in total. The third kappa shape index (κ3) is 3.11. The molecule has 0 aliphatic heterocycles. The van der Waals surface area contributed by atoms with Crippen LogP contribution in [0.4, 0.5) is 10.8 Å². The number of nitrogens with zero attached hydrogens (tertiary/aromatic N) is 2. The Labute approximate surface area is 130 Å². The monoisotopic (exact) mass is 301 g/mol. The minimum absolute atomic E-state index is 0.127. The van der Waals surface area contributed by atoms with Crippen LogP contribution in [0.25, 0.3) is 0 Å². The highest BCUT2D eigenvalue weighted by Crippen LogP contribution is 2.38. The highest BCUT2D eigenvalue weighted by atomic mass is 32.1. The van der Waals surface area contributed by atoms with Gasteiger partial charge in [-0.3, -0.25) is 0 Å². The van der Waals surface area contributed by atoms with E-state index in [1.54, 1.807) is 0 Å². The first-order valence-corrected chi connectivity index (χ1v) is 8.69. The average molecular weight is 301 g/mol. The number of thiazole rings is 1. The van der Waals surface area contributed by atoms with Crippen molar-refractivity contribution in [2.45, 2.75) is 45.1 Å². The van der Waals surface area contributed by atoms with E-state index in [4.69, 9.17) is 10.7 Å². The molecule has 0 fully saturated rings. The number of rotatable bonds is 5. The Hall–Kier alpha value is -1.39. The molecule has 3 rings (SSSR count). The highest BCUT2D eigenvalue weighted by molar-refractivity contribution is 7.15. The van der Waals surface area contributed by atoms with Gasteiger partial charge in [-0.1, -0.05) is 31.5 Å². The first kappa shape index (κ1) is 14.5. The minimum atomic E-state index is 0.127. The second kappa shape index (κ2) is 6.58. The lowest BCUT2D eigenvalue weighted by Crippen LogP contribution is -2.19. The largest absolute Gasteiger partial charge is 0.323 e. The fraction of sp³-hybridized carbons (Fsp3) is 0.471. The van der Waals surface area contributed by atoms with Crippen molar-refractivity contribution in [1.82, 2.24) is 4.98 Å². The summed E-state index contributed by atoms with van der Waals surface area (Å²) in [5.74, 6) is 0. The minimum Gasteiger partial charge on any atom is -0.323 e. The van der Waals surface area contributed by atoms with E-state index in [0.717, 1.165) is 30.2 Å². The second-order valence-electron chi connectivity index (χ2n) is 5.64. The Morgan fingerprint density at radius 2 is 2.14 bits per heavy atom. The molecule has 2 aromatic rings. The quantitative estimate of drug-likeness (QED) is 0.889. The van der Waals surface area contributed by atoms with E-state index in [-0.39, 0.29) is 6.04 Å². The van der Waals surface area contributed by atoms with Gasteiger partial charge in [-0.05, 0) is 37.8 Å². The molecule has 0 bridgehead atoms. The number of unbranched alkanes of at least 4 members (excludes halogenated alkanes) is 1. The van der Waals surface area contributed by atoms with Crippen LogP contribution >= 0.6 is 11.3 Å². The van der Waals surface area contributed by atoms with Crippen LogP contribution in [0.15, 0.2) is 30.3 Å². The molecule has 112 valence electrons. The van der Waals surface area contributed by atoms with Gasteiger partial charge in [0.15, 0.2) is 5.13 Å². The van der Waals surface area contributed by atoms with Crippen LogP contribution in [-0.2, 0) is 6.42 Å². The van der Waals surface area contributed by atoms with E-state index < -0.39 is 0 Å². The number of fused-ring (bicyclic) bond motifs is 1. The van der Waals surface area contributed by atoms with Gasteiger partial charge in [0.25, 0.3) is 0 Å². The van der Waals surface area contributed by atoms with Crippen molar-refractivity contribution in [3.8, 4) is 0 Å². The third-order valence-electron chi connectivity index (χ3n) is 4.02. The molecule has 0 saturated heterocycles. The molecule has 0 radical (unpaired) electrons. The van der Waals surface area contributed by atoms with Gasteiger partial charge in [0.05, 0.1) is 5.69 Å². The van der Waals surface area contributed by atoms with Crippen LogP contribution in [0, 0.1) is 0 Å². The average Bonchev–Trinajstić information content (AvgIpc) is 2.94. The maximum Gasteiger partial charge on any atom is 0.190 e. The summed E-state index contributed by atoms with van der Waals surface area (Å²) in [5.41, 5.74) is 8.59. The van der Waals surface area contributed by atoms with Crippen LogP contribution in [0.5, 0.6) is 0 Å². The predicted molar refractivity (Wildman–Crippen MR) is 90.3 cm³/mol. The van der Waals surface area contributed by atoms with Crippen LogP contribution in [0.3, 0.4) is 0 Å². The van der Waals surface area contributed by atoms with Crippen LogP contribution < -0.4 is 10.6 Å². The fourth-order valence-electron chi connectivity index (χ4n) is 2.81. The standard InChI is InChI=1S/C17H23N3S/c1-2-3-12-20(13-8-5-4-6-9-13)17-19-16-14(18)10-7-11-15(16)21-17/h4-6,8-9,14H,2-3,7,10-12,18H2,1H3. The Morgan fingerprint density at radius 3 is 2.86 bits per heavy atom. The molecule has 0 saturated carbocycles. The molecule has 1 aromatic heterocycles. The Bertz CT molecular complexity index is 579. The van der Waals surface area contributed by atoms with Gasteiger partial charge in [-0.2, -0.15) is 0 Å². The smallest absolute Gasteiger partial charge is 0.190 e. The van der Waals surface area contributed by atoms with E-state index in [1.165, 1.54) is 29.8 Å². The van der Waals surface area contributed by atoms with Crippen molar-refractivity contribution in [2.24, 2.45) is 5.73 Å². The summed E-state index contributed by atoms with van der Waals surface area (Å²) in [4.78, 5) is 8.62. The Morgan fingerprint density at radius 1 is 1.33 bits per heavy atom. The van der Waals surface area contributed by atoms with Crippen molar-refractivity contribution in [1.29, 1.82) is 0 Å². The Kier molecular flexibility index (Phi) is 4.56. The van der Waals surface area contributed by atoms with Gasteiger partial charge in [0.2, 0.25) is 0 Å². The summed E-state index contributed by atoms with van der Waals surface area (Å²) in [5, 5.41) is 1.11. The first-order valence-electron chi connectivity index (χ1n) is 7.87. The molecule has 1 aromatic carbocycles. The molecular formula is C17H23N3S. The molecule has 2 N–H and O–H groups in total. The Balaban J connectivity index is 1.93. The van der Waals surface area contributed by atoms with Gasteiger partial charge in [-0.25, -0.2) is 4.98 Å². The number of benzene rings is 1. The molecule has 1 atom stereocenters. The lowest BCUT2D eigenvalue weighted by Gasteiger charge is -2.21. The lowest BCUT2D eigenvalue weighted by atomic mass is 9.99. The predicted octanol–water partition coefficient (Wildman–Crippen LogP) is 4.42. The second-order valence-corrected chi connectivity index (χ2v) is 6.71. The van der Waals surface area contributed by atoms with Crippen LogP contribution in [-0.4, -0.2) is 11.5 Å². The van der Waals surface area contributed by atoms with Crippen molar-refractivity contribution in [3.63, 3.8) is 0 Å². The summed E-state index contributed by atoms with van der Waals surface area (Å²) in [6.45, 7) is 3.24. The van der Waals surface area contributed by atoms with E-state index in [9.17, 15) is 0 Å². The van der Waals surface area contributed by atoms with Crippen LogP contribution in [0.1, 0.15) is 49.2 Å². The van der Waals surface area contributed by atoms with Crippen molar-refractivity contribution in [3.05, 3.63) is 40.9 Å². The summed E-state index contributed by atoms with van der Waals surface area (Å²) in [7, 11) is 0. The summed E-state index contributed by atoms with van der Waals surface area (Å²) < 4.78 is 0. The zero-order valence-electron chi connectivity index (χ0n) is 12.6. The molecule has 0 spiro atoms. The van der Waals surface area contributed by atoms with Gasteiger partial charge in [-0.15, -0.1) is 11.3 Å². The summed E-state index contributed by atoms with van der Waals surface area (Å²) >= 11 is 1.83. The van der Waals surface area contributed by atoms with E-state index in [2.05, 4.69) is 42.2 Å². The number of anilines is 2. The number of aromatic nitrogens is 1. The first-order chi connectivity index (χ1) is 10.3. The highest BCUT2D eigenvalue weighted by Gasteiger charge is 2.24. The number of nitrogens with two attached hydrogens (primary N) is 1. The number of aryl methyl sites for hydroxylation is 1. The number of para-hydroxylation sites is 1. The van der Waals surface area contributed by atoms with Crippen molar-refractivity contribution < 1.29 is 0 Å². The molecule has 21 heavy (non-hydrogen) atoms. The summed E-state index contributed by atoms with van der Waals surface area (Å²) in [6.07, 6.45) is 5.75. The van der Waals surface area contributed by atoms with Crippen LogP contribution in [0.2, 0.25) is 0 Å². The SMILES string of the molecule is CCCCN(c1ccccc1)c1nc2c(s1)CCCC2N. The zero-order chi connectivity index (χ0) is 14.7. The van der Waals surface area contributed by atoms with E-state index >= 15 is 0 Å². The lowest BCUT2D eigenvalue weighted by molar-refractivity contribution is 0.563.